The van der Waals surface area contributed by atoms with Gasteiger partial charge in [-0.25, -0.2) is 4.98 Å². The first kappa shape index (κ1) is 11.4. The fourth-order valence-electron chi connectivity index (χ4n) is 1.86. The number of aromatic nitrogens is 2. The molecule has 0 radical (unpaired) electrons. The van der Waals surface area contributed by atoms with Crippen molar-refractivity contribution in [3.63, 3.8) is 0 Å². The van der Waals surface area contributed by atoms with Crippen molar-refractivity contribution in [3.8, 4) is 11.1 Å². The van der Waals surface area contributed by atoms with Gasteiger partial charge in [-0.3, -0.25) is 4.79 Å². The number of hydrogen-bond acceptors (Lipinski definition) is 3. The number of nitrogens with zero attached hydrogens (tertiary/aromatic N) is 2. The van der Waals surface area contributed by atoms with Crippen LogP contribution >= 0.6 is 22.9 Å². The minimum absolute atomic E-state index is 0.0220. The maximum absolute atomic E-state index is 12.2. The lowest BCUT2D eigenvalue weighted by atomic mass is 10.1. The molecule has 3 rings (SSSR count). The monoisotopic (exact) mass is 276 g/mol. The van der Waals surface area contributed by atoms with E-state index < -0.39 is 0 Å². The van der Waals surface area contributed by atoms with Gasteiger partial charge < -0.3 is 4.57 Å². The molecule has 2 heterocycles. The van der Waals surface area contributed by atoms with E-state index in [2.05, 4.69) is 4.98 Å². The molecule has 18 heavy (non-hydrogen) atoms. The van der Waals surface area contributed by atoms with Gasteiger partial charge in [-0.05, 0) is 17.7 Å². The van der Waals surface area contributed by atoms with Gasteiger partial charge in [0, 0.05) is 23.0 Å². The number of fused-ring (bicyclic) bond motifs is 1. The summed E-state index contributed by atoms with van der Waals surface area (Å²) >= 11 is 7.35. The van der Waals surface area contributed by atoms with Crippen molar-refractivity contribution < 1.29 is 0 Å². The fraction of sp³-hybridized carbons (Fsp3) is 0.0769. The lowest BCUT2D eigenvalue weighted by molar-refractivity contribution is 0.845. The van der Waals surface area contributed by atoms with Crippen LogP contribution in [0.5, 0.6) is 0 Å². The zero-order chi connectivity index (χ0) is 12.7. The third-order valence-electron chi connectivity index (χ3n) is 2.81. The highest BCUT2D eigenvalue weighted by atomic mass is 35.5. The summed E-state index contributed by atoms with van der Waals surface area (Å²) in [4.78, 5) is 17.2. The first-order chi connectivity index (χ1) is 8.66. The number of benzene rings is 1. The summed E-state index contributed by atoms with van der Waals surface area (Å²) in [6.45, 7) is 0. The van der Waals surface area contributed by atoms with Crippen molar-refractivity contribution in [2.45, 2.75) is 0 Å². The van der Waals surface area contributed by atoms with Gasteiger partial charge >= 0.3 is 0 Å². The van der Waals surface area contributed by atoms with Gasteiger partial charge in [0.15, 0.2) is 0 Å². The van der Waals surface area contributed by atoms with Crippen molar-refractivity contribution in [2.75, 3.05) is 0 Å². The van der Waals surface area contributed by atoms with E-state index in [1.807, 2.05) is 29.6 Å². The highest BCUT2D eigenvalue weighted by Crippen LogP contribution is 2.31. The van der Waals surface area contributed by atoms with E-state index in [1.165, 1.54) is 15.9 Å². The van der Waals surface area contributed by atoms with Crippen LogP contribution in [0.3, 0.4) is 0 Å². The molecule has 0 saturated carbocycles. The summed E-state index contributed by atoms with van der Waals surface area (Å²) in [5.41, 5.74) is 1.88. The second kappa shape index (κ2) is 4.23. The number of hydrogen-bond donors (Lipinski definition) is 0. The highest BCUT2D eigenvalue weighted by Gasteiger charge is 2.11. The normalized spacial score (nSPS) is 11.0. The predicted molar refractivity (Wildman–Crippen MR) is 75.3 cm³/mol. The first-order valence-electron chi connectivity index (χ1n) is 5.35. The zero-order valence-corrected chi connectivity index (χ0v) is 11.1. The van der Waals surface area contributed by atoms with E-state index in [0.717, 1.165) is 16.0 Å². The standard InChI is InChI=1S/C13H9ClN2OS/c1-16-7-15-12-11(13(16)17)10(6-18-12)8-2-4-9(14)5-3-8/h2-7H,1H3. The molecule has 0 unspecified atom stereocenters. The van der Waals surface area contributed by atoms with Crippen molar-refractivity contribution in [1.29, 1.82) is 0 Å². The van der Waals surface area contributed by atoms with Gasteiger partial charge in [-0.1, -0.05) is 23.7 Å². The third-order valence-corrected chi connectivity index (χ3v) is 3.95. The molecule has 1 aromatic carbocycles. The van der Waals surface area contributed by atoms with E-state index in [4.69, 9.17) is 11.6 Å². The summed E-state index contributed by atoms with van der Waals surface area (Å²) in [6.07, 6.45) is 1.55. The molecule has 0 aliphatic rings. The molecule has 0 bridgehead atoms. The van der Waals surface area contributed by atoms with Crippen molar-refractivity contribution in [3.05, 3.63) is 51.3 Å². The lowest BCUT2D eigenvalue weighted by Crippen LogP contribution is -2.16. The average Bonchev–Trinajstić information content (AvgIpc) is 2.79. The van der Waals surface area contributed by atoms with E-state index in [9.17, 15) is 4.79 Å². The Morgan fingerprint density at radius 3 is 2.72 bits per heavy atom. The molecule has 0 aliphatic carbocycles. The molecule has 3 aromatic rings. The molecule has 90 valence electrons. The van der Waals surface area contributed by atoms with Crippen molar-refractivity contribution in [2.24, 2.45) is 7.05 Å². The van der Waals surface area contributed by atoms with Crippen molar-refractivity contribution >= 4 is 33.2 Å². The largest absolute Gasteiger partial charge is 0.302 e. The van der Waals surface area contributed by atoms with E-state index >= 15 is 0 Å². The predicted octanol–water partition coefficient (Wildman–Crippen LogP) is 3.32. The minimum Gasteiger partial charge on any atom is -0.302 e. The van der Waals surface area contributed by atoms with Crippen LogP contribution in [0.15, 0.2) is 40.8 Å². The van der Waals surface area contributed by atoms with Gasteiger partial charge in [0.1, 0.15) is 4.83 Å². The smallest absolute Gasteiger partial charge is 0.262 e. The maximum atomic E-state index is 12.2. The maximum Gasteiger partial charge on any atom is 0.262 e. The van der Waals surface area contributed by atoms with Crippen LogP contribution in [0.2, 0.25) is 5.02 Å². The van der Waals surface area contributed by atoms with Gasteiger partial charge in [-0.15, -0.1) is 11.3 Å². The van der Waals surface area contributed by atoms with Crippen LogP contribution in [-0.4, -0.2) is 9.55 Å². The molecule has 5 heteroatoms. The minimum atomic E-state index is -0.0220. The van der Waals surface area contributed by atoms with Crippen LogP contribution in [0.1, 0.15) is 0 Å². The summed E-state index contributed by atoms with van der Waals surface area (Å²) in [5, 5.41) is 3.32. The number of rotatable bonds is 1. The Morgan fingerprint density at radius 2 is 2.00 bits per heavy atom. The van der Waals surface area contributed by atoms with Crippen LogP contribution in [0, 0.1) is 0 Å². The number of halogens is 1. The average molecular weight is 277 g/mol. The van der Waals surface area contributed by atoms with Gasteiger partial charge in [-0.2, -0.15) is 0 Å². The topological polar surface area (TPSA) is 34.9 Å². The number of thiophene rings is 1. The van der Waals surface area contributed by atoms with Crippen molar-refractivity contribution in [1.82, 2.24) is 9.55 Å². The second-order valence-electron chi connectivity index (χ2n) is 4.00. The van der Waals surface area contributed by atoms with Crippen LogP contribution in [0.25, 0.3) is 21.3 Å². The first-order valence-corrected chi connectivity index (χ1v) is 6.61. The Bertz CT molecular complexity index is 774. The molecule has 0 N–H and O–H groups in total. The molecule has 0 amide bonds. The summed E-state index contributed by atoms with van der Waals surface area (Å²) < 4.78 is 1.49. The summed E-state index contributed by atoms with van der Waals surface area (Å²) in [5.74, 6) is 0. The molecular formula is C13H9ClN2OS. The molecule has 0 spiro atoms. The molecular weight excluding hydrogens is 268 g/mol. The van der Waals surface area contributed by atoms with E-state index in [1.54, 1.807) is 13.4 Å². The second-order valence-corrected chi connectivity index (χ2v) is 5.29. The SMILES string of the molecule is Cn1cnc2scc(-c3ccc(Cl)cc3)c2c1=O. The molecule has 0 fully saturated rings. The quantitative estimate of drug-likeness (QED) is 0.683. The molecule has 0 saturated heterocycles. The fourth-order valence-corrected chi connectivity index (χ4v) is 2.89. The lowest BCUT2D eigenvalue weighted by Gasteiger charge is -2.01. The Kier molecular flexibility index (Phi) is 2.69. The van der Waals surface area contributed by atoms with E-state index in [0.29, 0.717) is 10.4 Å². The Labute approximate surface area is 112 Å². The van der Waals surface area contributed by atoms with Gasteiger partial charge in [0.05, 0.1) is 11.7 Å². The molecule has 0 atom stereocenters. The number of aryl methyl sites for hydroxylation is 1. The van der Waals surface area contributed by atoms with E-state index in [-0.39, 0.29) is 5.56 Å². The zero-order valence-electron chi connectivity index (χ0n) is 9.55. The van der Waals surface area contributed by atoms with Gasteiger partial charge in [0.25, 0.3) is 5.56 Å². The van der Waals surface area contributed by atoms with Crippen LogP contribution in [0.4, 0.5) is 0 Å². The molecule has 0 aliphatic heterocycles. The Hall–Kier alpha value is -1.65. The van der Waals surface area contributed by atoms with Gasteiger partial charge in [0.2, 0.25) is 0 Å². The highest BCUT2D eigenvalue weighted by molar-refractivity contribution is 7.17. The van der Waals surface area contributed by atoms with Crippen LogP contribution < -0.4 is 5.56 Å². The Morgan fingerprint density at radius 1 is 1.28 bits per heavy atom. The Balaban J connectivity index is 2.33. The molecule has 2 aromatic heterocycles. The third kappa shape index (κ3) is 1.74. The summed E-state index contributed by atoms with van der Waals surface area (Å²) in [6, 6.07) is 7.47. The van der Waals surface area contributed by atoms with Crippen LogP contribution in [-0.2, 0) is 7.05 Å². The molecule has 3 nitrogen and oxygen atoms in total. The summed E-state index contributed by atoms with van der Waals surface area (Å²) in [7, 11) is 1.71.